The minimum Gasteiger partial charge on any atom is -0.355 e. The summed E-state index contributed by atoms with van der Waals surface area (Å²) in [6.45, 7) is 2.63. The van der Waals surface area contributed by atoms with Crippen LogP contribution in [0.1, 0.15) is 35.1 Å². The summed E-state index contributed by atoms with van der Waals surface area (Å²) in [4.78, 5) is 17.1. The quantitative estimate of drug-likeness (QED) is 0.685. The maximum absolute atomic E-state index is 12.1. The zero-order valence-corrected chi connectivity index (χ0v) is 15.4. The molecule has 0 saturated heterocycles. The third-order valence-corrected chi connectivity index (χ3v) is 5.02. The number of benzene rings is 3. The van der Waals surface area contributed by atoms with Crippen LogP contribution in [0.2, 0.25) is 0 Å². The molecule has 4 rings (SSSR count). The second-order valence-corrected chi connectivity index (χ2v) is 6.84. The van der Waals surface area contributed by atoms with Crippen molar-refractivity contribution in [3.63, 3.8) is 0 Å². The summed E-state index contributed by atoms with van der Waals surface area (Å²) in [5.41, 5.74) is 6.34. The van der Waals surface area contributed by atoms with Gasteiger partial charge in [0.15, 0.2) is 0 Å². The lowest BCUT2D eigenvalue weighted by Gasteiger charge is -2.12. The fraction of sp³-hybridized carbons (Fsp3) is 0.167. The van der Waals surface area contributed by atoms with E-state index in [9.17, 15) is 4.79 Å². The number of carbonyl (C=O) groups is 1. The average molecular weight is 354 g/mol. The fourth-order valence-corrected chi connectivity index (χ4v) is 3.53. The van der Waals surface area contributed by atoms with Crippen LogP contribution in [-0.4, -0.2) is 18.2 Å². The molecule has 27 heavy (non-hydrogen) atoms. The standard InChI is InChI=1S/C24H22N2O/c1-17-22-13-12-21(16-20(22)14-15-25-24(17)27)26-23(18-8-4-2-5-9-18)19-10-6-3-7-11-19/h2-13,16-17H,14-15H2,1H3,(H,25,27). The number of nitrogens with zero attached hydrogens (tertiary/aromatic N) is 1. The lowest BCUT2D eigenvalue weighted by molar-refractivity contribution is -0.122. The predicted octanol–water partition coefficient (Wildman–Crippen LogP) is 4.63. The molecule has 1 amide bonds. The summed E-state index contributed by atoms with van der Waals surface area (Å²) < 4.78 is 0. The number of aliphatic imine (C=N–C) groups is 1. The molecule has 3 heteroatoms. The highest BCUT2D eigenvalue weighted by molar-refractivity contribution is 6.13. The average Bonchev–Trinajstić information content (AvgIpc) is 2.86. The van der Waals surface area contributed by atoms with E-state index in [-0.39, 0.29) is 11.8 Å². The van der Waals surface area contributed by atoms with Crippen molar-refractivity contribution in [1.29, 1.82) is 0 Å². The molecule has 0 aromatic heterocycles. The van der Waals surface area contributed by atoms with E-state index < -0.39 is 0 Å². The first-order chi connectivity index (χ1) is 13.2. The highest BCUT2D eigenvalue weighted by atomic mass is 16.1. The smallest absolute Gasteiger partial charge is 0.227 e. The molecule has 3 aromatic carbocycles. The second-order valence-electron chi connectivity index (χ2n) is 6.84. The molecular formula is C24H22N2O. The van der Waals surface area contributed by atoms with Crippen LogP contribution in [0, 0.1) is 0 Å². The van der Waals surface area contributed by atoms with E-state index in [2.05, 4.69) is 41.7 Å². The van der Waals surface area contributed by atoms with Gasteiger partial charge in [0.2, 0.25) is 5.91 Å². The van der Waals surface area contributed by atoms with Crippen LogP contribution in [0.15, 0.2) is 83.9 Å². The normalized spacial score (nSPS) is 16.0. The van der Waals surface area contributed by atoms with E-state index >= 15 is 0 Å². The topological polar surface area (TPSA) is 41.5 Å². The van der Waals surface area contributed by atoms with Gasteiger partial charge in [-0.2, -0.15) is 0 Å². The molecule has 0 aliphatic carbocycles. The number of hydrogen-bond donors (Lipinski definition) is 1. The highest BCUT2D eigenvalue weighted by Crippen LogP contribution is 2.28. The molecule has 1 heterocycles. The van der Waals surface area contributed by atoms with Crippen molar-refractivity contribution in [3.05, 3.63) is 101 Å². The van der Waals surface area contributed by atoms with Crippen LogP contribution in [0.5, 0.6) is 0 Å². The number of hydrogen-bond acceptors (Lipinski definition) is 2. The van der Waals surface area contributed by atoms with Gasteiger partial charge in [-0.05, 0) is 36.6 Å². The molecule has 1 aliphatic heterocycles. The third kappa shape index (κ3) is 3.68. The van der Waals surface area contributed by atoms with Crippen LogP contribution in [0.4, 0.5) is 5.69 Å². The molecule has 1 atom stereocenters. The molecule has 0 bridgehead atoms. The first kappa shape index (κ1) is 17.2. The van der Waals surface area contributed by atoms with E-state index in [0.717, 1.165) is 34.5 Å². The van der Waals surface area contributed by atoms with Crippen LogP contribution < -0.4 is 5.32 Å². The Bertz CT molecular complexity index is 936. The van der Waals surface area contributed by atoms with Gasteiger partial charge >= 0.3 is 0 Å². The largest absolute Gasteiger partial charge is 0.355 e. The van der Waals surface area contributed by atoms with E-state index in [1.54, 1.807) is 0 Å². The highest BCUT2D eigenvalue weighted by Gasteiger charge is 2.21. The Labute approximate surface area is 159 Å². The zero-order chi connectivity index (χ0) is 18.6. The summed E-state index contributed by atoms with van der Waals surface area (Å²) in [7, 11) is 0. The summed E-state index contributed by atoms with van der Waals surface area (Å²) in [5.74, 6) is -0.0255. The van der Waals surface area contributed by atoms with Crippen molar-refractivity contribution in [2.45, 2.75) is 19.3 Å². The molecule has 1 aliphatic rings. The Hall–Kier alpha value is -3.20. The first-order valence-electron chi connectivity index (χ1n) is 9.32. The van der Waals surface area contributed by atoms with Crippen molar-refractivity contribution >= 4 is 17.3 Å². The molecule has 0 radical (unpaired) electrons. The molecule has 0 saturated carbocycles. The molecule has 0 spiro atoms. The Balaban J connectivity index is 1.80. The summed E-state index contributed by atoms with van der Waals surface area (Å²) in [6, 6.07) is 26.7. The van der Waals surface area contributed by atoms with Crippen LogP contribution in [-0.2, 0) is 11.2 Å². The fourth-order valence-electron chi connectivity index (χ4n) is 3.53. The van der Waals surface area contributed by atoms with Gasteiger partial charge in [0.25, 0.3) is 0 Å². The summed E-state index contributed by atoms with van der Waals surface area (Å²) in [6.07, 6.45) is 0.834. The number of rotatable bonds is 3. The lowest BCUT2D eigenvalue weighted by Crippen LogP contribution is -2.26. The van der Waals surface area contributed by atoms with E-state index in [1.165, 1.54) is 5.56 Å². The number of amides is 1. The maximum Gasteiger partial charge on any atom is 0.227 e. The minimum atomic E-state index is -0.122. The van der Waals surface area contributed by atoms with Gasteiger partial charge in [0, 0.05) is 17.7 Å². The number of carbonyl (C=O) groups excluding carboxylic acids is 1. The molecule has 134 valence electrons. The van der Waals surface area contributed by atoms with E-state index in [0.29, 0.717) is 6.54 Å². The SMILES string of the molecule is CC1C(=O)NCCc2cc(N=C(c3ccccc3)c3ccccc3)ccc21. The van der Waals surface area contributed by atoms with Gasteiger partial charge in [-0.25, -0.2) is 4.99 Å². The first-order valence-corrected chi connectivity index (χ1v) is 9.32. The number of fused-ring (bicyclic) bond motifs is 1. The van der Waals surface area contributed by atoms with Gasteiger partial charge in [0.1, 0.15) is 0 Å². The van der Waals surface area contributed by atoms with Crippen molar-refractivity contribution in [3.8, 4) is 0 Å². The van der Waals surface area contributed by atoms with Crippen molar-refractivity contribution in [2.24, 2.45) is 4.99 Å². The Kier molecular flexibility index (Phi) is 4.84. The zero-order valence-electron chi connectivity index (χ0n) is 15.4. The minimum absolute atomic E-state index is 0.0965. The molecule has 0 fully saturated rings. The maximum atomic E-state index is 12.1. The number of nitrogens with one attached hydrogen (secondary N) is 1. The summed E-state index contributed by atoms with van der Waals surface area (Å²) in [5, 5.41) is 2.98. The predicted molar refractivity (Wildman–Crippen MR) is 110 cm³/mol. The monoisotopic (exact) mass is 354 g/mol. The lowest BCUT2D eigenvalue weighted by atomic mass is 9.94. The Morgan fingerprint density at radius 2 is 1.56 bits per heavy atom. The second kappa shape index (κ2) is 7.58. The van der Waals surface area contributed by atoms with E-state index in [4.69, 9.17) is 4.99 Å². The molecule has 1 unspecified atom stereocenters. The summed E-state index contributed by atoms with van der Waals surface area (Å²) >= 11 is 0. The Morgan fingerprint density at radius 1 is 0.926 bits per heavy atom. The van der Waals surface area contributed by atoms with Gasteiger partial charge in [-0.15, -0.1) is 0 Å². The Morgan fingerprint density at radius 3 is 2.19 bits per heavy atom. The van der Waals surface area contributed by atoms with Crippen LogP contribution >= 0.6 is 0 Å². The van der Waals surface area contributed by atoms with Gasteiger partial charge in [-0.1, -0.05) is 66.7 Å². The molecule has 1 N–H and O–H groups in total. The van der Waals surface area contributed by atoms with Crippen molar-refractivity contribution in [1.82, 2.24) is 5.32 Å². The van der Waals surface area contributed by atoms with Gasteiger partial charge in [-0.3, -0.25) is 4.79 Å². The van der Waals surface area contributed by atoms with Gasteiger partial charge in [0.05, 0.1) is 17.3 Å². The van der Waals surface area contributed by atoms with Gasteiger partial charge < -0.3 is 5.32 Å². The van der Waals surface area contributed by atoms with Crippen LogP contribution in [0.3, 0.4) is 0 Å². The van der Waals surface area contributed by atoms with Crippen LogP contribution in [0.25, 0.3) is 0 Å². The van der Waals surface area contributed by atoms with E-state index in [1.807, 2.05) is 49.4 Å². The van der Waals surface area contributed by atoms with Crippen molar-refractivity contribution < 1.29 is 4.79 Å². The van der Waals surface area contributed by atoms with Crippen molar-refractivity contribution in [2.75, 3.05) is 6.54 Å². The third-order valence-electron chi connectivity index (χ3n) is 5.02. The molecule has 3 nitrogen and oxygen atoms in total. The molecular weight excluding hydrogens is 332 g/mol. The molecule has 3 aromatic rings.